The number of carbonyl (C=O) groups is 2. The van der Waals surface area contributed by atoms with Gasteiger partial charge in [0.05, 0.1) is 30.2 Å². The number of benzene rings is 2. The molecule has 7 nitrogen and oxygen atoms in total. The van der Waals surface area contributed by atoms with E-state index in [1.54, 1.807) is 59.5 Å². The molecule has 0 unspecified atom stereocenters. The molecule has 1 aliphatic rings. The molecule has 2 aromatic rings. The summed E-state index contributed by atoms with van der Waals surface area (Å²) in [4.78, 5) is 26.7. The zero-order valence-corrected chi connectivity index (χ0v) is 16.2. The summed E-state index contributed by atoms with van der Waals surface area (Å²) in [7, 11) is -3.63. The van der Waals surface area contributed by atoms with Crippen molar-refractivity contribution < 1.29 is 22.7 Å². The number of hydrogen-bond acceptors (Lipinski definition) is 5. The molecule has 0 aromatic heterocycles. The molecule has 1 N–H and O–H groups in total. The van der Waals surface area contributed by atoms with Crippen molar-refractivity contribution in [3.63, 3.8) is 0 Å². The summed E-state index contributed by atoms with van der Waals surface area (Å²) in [5.41, 5.74) is 1.26. The number of nitrogens with zero attached hydrogens (tertiary/aromatic N) is 1. The van der Waals surface area contributed by atoms with Crippen molar-refractivity contribution in [1.82, 2.24) is 4.90 Å². The van der Waals surface area contributed by atoms with Gasteiger partial charge in [0.15, 0.2) is 9.84 Å². The van der Waals surface area contributed by atoms with Gasteiger partial charge in [0.1, 0.15) is 5.75 Å². The summed E-state index contributed by atoms with van der Waals surface area (Å²) < 4.78 is 29.9. The normalized spacial score (nSPS) is 14.5. The third-order valence-corrected chi connectivity index (χ3v) is 5.79. The topological polar surface area (TPSA) is 92.8 Å². The van der Waals surface area contributed by atoms with Crippen molar-refractivity contribution >= 4 is 27.3 Å². The molecular weight excluding hydrogens is 380 g/mol. The van der Waals surface area contributed by atoms with Gasteiger partial charge in [0.25, 0.3) is 5.91 Å². The van der Waals surface area contributed by atoms with Crippen molar-refractivity contribution in [2.24, 2.45) is 0 Å². The van der Waals surface area contributed by atoms with Gasteiger partial charge in [-0.25, -0.2) is 8.42 Å². The van der Waals surface area contributed by atoms with Gasteiger partial charge in [-0.3, -0.25) is 9.59 Å². The Balaban J connectivity index is 1.68. The summed E-state index contributed by atoms with van der Waals surface area (Å²) in [5, 5.41) is 2.58. The summed E-state index contributed by atoms with van der Waals surface area (Å²) in [6.45, 7) is 1.90. The largest absolute Gasteiger partial charge is 0.378 e. The van der Waals surface area contributed by atoms with Crippen LogP contribution in [0.2, 0.25) is 0 Å². The Morgan fingerprint density at radius 3 is 2.32 bits per heavy atom. The van der Waals surface area contributed by atoms with Crippen LogP contribution in [-0.2, 0) is 25.1 Å². The average Bonchev–Trinajstić information content (AvgIpc) is 2.68. The highest BCUT2D eigenvalue weighted by Gasteiger charge is 2.23. The number of hydrogen-bond donors (Lipinski definition) is 1. The maximum Gasteiger partial charge on any atom is 0.256 e. The number of ether oxygens (including phenoxy) is 1. The van der Waals surface area contributed by atoms with Gasteiger partial charge in [-0.2, -0.15) is 0 Å². The third-order valence-electron chi connectivity index (χ3n) is 4.31. The second kappa shape index (κ2) is 8.99. The van der Waals surface area contributed by atoms with E-state index in [0.29, 0.717) is 43.1 Å². The first-order valence-electron chi connectivity index (χ1n) is 8.95. The minimum atomic E-state index is -3.63. The van der Waals surface area contributed by atoms with Gasteiger partial charge < -0.3 is 15.0 Å². The lowest BCUT2D eigenvalue weighted by molar-refractivity contribution is -0.113. The summed E-state index contributed by atoms with van der Waals surface area (Å²) in [6, 6.07) is 15.3. The summed E-state index contributed by atoms with van der Waals surface area (Å²) in [5.74, 6) is -1.75. The molecule has 2 aromatic carbocycles. The quantitative estimate of drug-likeness (QED) is 0.794. The maximum absolute atomic E-state index is 12.7. The molecule has 3 rings (SSSR count). The van der Waals surface area contributed by atoms with Crippen LogP contribution in [0.15, 0.2) is 54.6 Å². The molecule has 0 bridgehead atoms. The highest BCUT2D eigenvalue weighted by molar-refractivity contribution is 7.91. The van der Waals surface area contributed by atoms with Gasteiger partial charge in [0, 0.05) is 13.1 Å². The number of rotatable bonds is 6. The molecule has 1 aliphatic heterocycles. The molecule has 0 radical (unpaired) electrons. The van der Waals surface area contributed by atoms with Crippen LogP contribution in [0.5, 0.6) is 0 Å². The fraction of sp³-hybridized carbons (Fsp3) is 0.300. The van der Waals surface area contributed by atoms with E-state index in [0.717, 1.165) is 0 Å². The molecule has 0 spiro atoms. The fourth-order valence-corrected chi connectivity index (χ4v) is 4.25. The third kappa shape index (κ3) is 5.40. The molecule has 1 heterocycles. The fourth-order valence-electron chi connectivity index (χ4n) is 2.98. The van der Waals surface area contributed by atoms with Gasteiger partial charge in [-0.15, -0.1) is 0 Å². The summed E-state index contributed by atoms with van der Waals surface area (Å²) in [6.07, 6.45) is 0. The SMILES string of the molecule is O=C(CS(=O)(=O)Cc1ccccc1)Nc1ccccc1C(=O)N1CCOCC1. The van der Waals surface area contributed by atoms with Crippen molar-refractivity contribution in [2.75, 3.05) is 37.4 Å². The monoisotopic (exact) mass is 402 g/mol. The van der Waals surface area contributed by atoms with Crippen LogP contribution in [0.25, 0.3) is 0 Å². The first kappa shape index (κ1) is 20.0. The smallest absolute Gasteiger partial charge is 0.256 e. The Morgan fingerprint density at radius 2 is 1.61 bits per heavy atom. The Bertz CT molecular complexity index is 938. The van der Waals surface area contributed by atoms with Crippen LogP contribution in [0.3, 0.4) is 0 Å². The molecule has 1 saturated heterocycles. The van der Waals surface area contributed by atoms with E-state index in [-0.39, 0.29) is 11.7 Å². The molecular formula is C20H22N2O5S. The molecule has 0 saturated carbocycles. The number of sulfone groups is 1. The van der Waals surface area contributed by atoms with Crippen LogP contribution in [0.1, 0.15) is 15.9 Å². The van der Waals surface area contributed by atoms with E-state index in [9.17, 15) is 18.0 Å². The van der Waals surface area contributed by atoms with E-state index in [1.165, 1.54) is 0 Å². The Hall–Kier alpha value is -2.71. The van der Waals surface area contributed by atoms with Gasteiger partial charge in [0.2, 0.25) is 5.91 Å². The first-order chi connectivity index (χ1) is 13.4. The van der Waals surface area contributed by atoms with Crippen molar-refractivity contribution in [2.45, 2.75) is 5.75 Å². The van der Waals surface area contributed by atoms with Crippen molar-refractivity contribution in [3.05, 3.63) is 65.7 Å². The van der Waals surface area contributed by atoms with Crippen molar-refractivity contribution in [3.8, 4) is 0 Å². The standard InChI is InChI=1S/C20H22N2O5S/c23-19(15-28(25,26)14-16-6-2-1-3-7-16)21-18-9-5-4-8-17(18)20(24)22-10-12-27-13-11-22/h1-9H,10-15H2,(H,21,23). The first-order valence-corrected chi connectivity index (χ1v) is 10.8. The summed E-state index contributed by atoms with van der Waals surface area (Å²) >= 11 is 0. The number of nitrogens with one attached hydrogen (secondary N) is 1. The van der Waals surface area contributed by atoms with Gasteiger partial charge in [-0.05, 0) is 17.7 Å². The average molecular weight is 402 g/mol. The molecule has 8 heteroatoms. The lowest BCUT2D eigenvalue weighted by Crippen LogP contribution is -2.41. The number of para-hydroxylation sites is 1. The van der Waals surface area contributed by atoms with Crippen LogP contribution in [-0.4, -0.2) is 57.2 Å². The minimum absolute atomic E-state index is 0.213. The van der Waals surface area contributed by atoms with E-state index in [1.807, 2.05) is 0 Å². The predicted octanol–water partition coefficient (Wildman–Crippen LogP) is 1.71. The predicted molar refractivity (Wildman–Crippen MR) is 106 cm³/mol. The number of anilines is 1. The van der Waals surface area contributed by atoms with Crippen LogP contribution < -0.4 is 5.32 Å². The second-order valence-electron chi connectivity index (χ2n) is 6.52. The minimum Gasteiger partial charge on any atom is -0.378 e. The number of amides is 2. The molecule has 1 fully saturated rings. The Kier molecular flexibility index (Phi) is 6.43. The van der Waals surface area contributed by atoms with E-state index < -0.39 is 21.5 Å². The second-order valence-corrected chi connectivity index (χ2v) is 8.58. The van der Waals surface area contributed by atoms with Crippen LogP contribution in [0.4, 0.5) is 5.69 Å². The highest BCUT2D eigenvalue weighted by atomic mass is 32.2. The molecule has 0 atom stereocenters. The lowest BCUT2D eigenvalue weighted by Gasteiger charge is -2.27. The highest BCUT2D eigenvalue weighted by Crippen LogP contribution is 2.18. The van der Waals surface area contributed by atoms with Gasteiger partial charge in [-0.1, -0.05) is 42.5 Å². The Morgan fingerprint density at radius 1 is 0.964 bits per heavy atom. The van der Waals surface area contributed by atoms with Crippen LogP contribution in [0, 0.1) is 0 Å². The lowest BCUT2D eigenvalue weighted by atomic mass is 10.1. The van der Waals surface area contributed by atoms with E-state index >= 15 is 0 Å². The van der Waals surface area contributed by atoms with E-state index in [4.69, 9.17) is 4.74 Å². The molecule has 2 amide bonds. The van der Waals surface area contributed by atoms with Crippen LogP contribution >= 0.6 is 0 Å². The number of carbonyl (C=O) groups excluding carboxylic acids is 2. The number of morpholine rings is 1. The zero-order chi connectivity index (χ0) is 20.0. The zero-order valence-electron chi connectivity index (χ0n) is 15.3. The molecule has 0 aliphatic carbocycles. The van der Waals surface area contributed by atoms with Gasteiger partial charge >= 0.3 is 0 Å². The maximum atomic E-state index is 12.7. The molecule has 28 heavy (non-hydrogen) atoms. The van der Waals surface area contributed by atoms with E-state index in [2.05, 4.69) is 5.32 Å². The van der Waals surface area contributed by atoms with Crippen molar-refractivity contribution in [1.29, 1.82) is 0 Å². The molecule has 148 valence electrons. The Labute approximate surface area is 164 Å².